The van der Waals surface area contributed by atoms with E-state index in [9.17, 15) is 19.1 Å². The van der Waals surface area contributed by atoms with Gasteiger partial charge < -0.3 is 10.4 Å². The van der Waals surface area contributed by atoms with Crippen LogP contribution < -0.4 is 5.32 Å². The molecule has 0 saturated heterocycles. The van der Waals surface area contributed by atoms with Gasteiger partial charge in [0.1, 0.15) is 5.82 Å². The first-order valence-corrected chi connectivity index (χ1v) is 6.87. The van der Waals surface area contributed by atoms with Crippen LogP contribution in [0.5, 0.6) is 0 Å². The van der Waals surface area contributed by atoms with Crippen molar-refractivity contribution in [2.45, 2.75) is 12.8 Å². The lowest BCUT2D eigenvalue weighted by atomic mass is 9.96. The summed E-state index contributed by atoms with van der Waals surface area (Å²) in [6.45, 7) is 0. The number of benzene rings is 2. The molecular weight excluding hydrogens is 285 g/mol. The molecule has 0 saturated carbocycles. The van der Waals surface area contributed by atoms with Crippen LogP contribution in [-0.4, -0.2) is 17.0 Å². The molecule has 0 aromatic heterocycles. The molecule has 0 aliphatic rings. The molecule has 2 rings (SSSR count). The molecule has 0 bridgehead atoms. The highest BCUT2D eigenvalue weighted by molar-refractivity contribution is 5.93. The molecule has 0 heterocycles. The van der Waals surface area contributed by atoms with Crippen LogP contribution in [0.1, 0.15) is 12.0 Å². The van der Waals surface area contributed by atoms with Crippen LogP contribution in [0.15, 0.2) is 54.6 Å². The lowest BCUT2D eigenvalue weighted by Crippen LogP contribution is -2.24. The predicted molar refractivity (Wildman–Crippen MR) is 80.9 cm³/mol. The standard InChI is InChI=1S/C17H16FNO3/c18-14-6-8-15(9-7-14)19-16(20)11-13(17(21)22)10-12-4-2-1-3-5-12/h1-9,13H,10-11H2,(H,19,20)(H,21,22)/t13-/m0/s1. The highest BCUT2D eigenvalue weighted by Crippen LogP contribution is 2.15. The van der Waals surface area contributed by atoms with E-state index in [0.29, 0.717) is 5.69 Å². The van der Waals surface area contributed by atoms with E-state index in [1.54, 1.807) is 0 Å². The smallest absolute Gasteiger partial charge is 0.307 e. The van der Waals surface area contributed by atoms with Crippen molar-refractivity contribution in [3.05, 3.63) is 66.0 Å². The van der Waals surface area contributed by atoms with Gasteiger partial charge in [-0.1, -0.05) is 30.3 Å². The minimum Gasteiger partial charge on any atom is -0.481 e. The van der Waals surface area contributed by atoms with E-state index < -0.39 is 23.6 Å². The first kappa shape index (κ1) is 15.7. The Kier molecular flexibility index (Phi) is 5.25. The minimum atomic E-state index is -1.02. The Morgan fingerprint density at radius 3 is 2.27 bits per heavy atom. The monoisotopic (exact) mass is 301 g/mol. The molecule has 5 heteroatoms. The maximum absolute atomic E-state index is 12.8. The van der Waals surface area contributed by atoms with Gasteiger partial charge in [-0.25, -0.2) is 4.39 Å². The molecule has 0 radical (unpaired) electrons. The second kappa shape index (κ2) is 7.36. The molecule has 2 aromatic rings. The maximum Gasteiger partial charge on any atom is 0.307 e. The van der Waals surface area contributed by atoms with Crippen LogP contribution in [0.3, 0.4) is 0 Å². The number of anilines is 1. The number of carbonyl (C=O) groups is 2. The molecule has 1 atom stereocenters. The van der Waals surface area contributed by atoms with Gasteiger partial charge in [0.25, 0.3) is 0 Å². The SMILES string of the molecule is O=C(C[C@H](Cc1ccccc1)C(=O)O)Nc1ccc(F)cc1. The molecule has 114 valence electrons. The third-order valence-corrected chi connectivity index (χ3v) is 3.23. The third kappa shape index (κ3) is 4.70. The Labute approximate surface area is 127 Å². The van der Waals surface area contributed by atoms with Crippen LogP contribution in [0.2, 0.25) is 0 Å². The van der Waals surface area contributed by atoms with Gasteiger partial charge in [-0.15, -0.1) is 0 Å². The number of hydrogen-bond acceptors (Lipinski definition) is 2. The van der Waals surface area contributed by atoms with Crippen molar-refractivity contribution in [3.8, 4) is 0 Å². The molecular formula is C17H16FNO3. The number of carbonyl (C=O) groups excluding carboxylic acids is 1. The molecule has 0 fully saturated rings. The van der Waals surface area contributed by atoms with Crippen molar-refractivity contribution in [3.63, 3.8) is 0 Å². The second-order valence-corrected chi connectivity index (χ2v) is 4.98. The quantitative estimate of drug-likeness (QED) is 0.861. The number of carboxylic acids is 1. The highest BCUT2D eigenvalue weighted by atomic mass is 19.1. The largest absolute Gasteiger partial charge is 0.481 e. The van der Waals surface area contributed by atoms with Gasteiger partial charge in [-0.05, 0) is 36.2 Å². The first-order valence-electron chi connectivity index (χ1n) is 6.87. The van der Waals surface area contributed by atoms with Gasteiger partial charge in [0.2, 0.25) is 5.91 Å². The highest BCUT2D eigenvalue weighted by Gasteiger charge is 2.21. The molecule has 0 spiro atoms. The van der Waals surface area contributed by atoms with Gasteiger partial charge >= 0.3 is 5.97 Å². The fourth-order valence-electron chi connectivity index (χ4n) is 2.11. The summed E-state index contributed by atoms with van der Waals surface area (Å²) in [7, 11) is 0. The summed E-state index contributed by atoms with van der Waals surface area (Å²) in [6, 6.07) is 14.5. The average Bonchev–Trinajstić information content (AvgIpc) is 2.50. The van der Waals surface area contributed by atoms with Crippen molar-refractivity contribution < 1.29 is 19.1 Å². The van der Waals surface area contributed by atoms with Gasteiger partial charge in [-0.2, -0.15) is 0 Å². The zero-order valence-electron chi connectivity index (χ0n) is 11.8. The Morgan fingerprint density at radius 1 is 1.05 bits per heavy atom. The van der Waals surface area contributed by atoms with Crippen molar-refractivity contribution in [2.24, 2.45) is 5.92 Å². The first-order chi connectivity index (χ1) is 10.5. The van der Waals surface area contributed by atoms with Crippen molar-refractivity contribution in [1.29, 1.82) is 0 Å². The summed E-state index contributed by atoms with van der Waals surface area (Å²) >= 11 is 0. The Morgan fingerprint density at radius 2 is 1.68 bits per heavy atom. The average molecular weight is 301 g/mol. The molecule has 2 aromatic carbocycles. The summed E-state index contributed by atoms with van der Waals surface area (Å²) in [4.78, 5) is 23.2. The lowest BCUT2D eigenvalue weighted by Gasteiger charge is -2.12. The Bertz CT molecular complexity index is 641. The van der Waals surface area contributed by atoms with Gasteiger partial charge in [-0.3, -0.25) is 9.59 Å². The molecule has 1 amide bonds. The zero-order chi connectivity index (χ0) is 15.9. The zero-order valence-corrected chi connectivity index (χ0v) is 11.8. The molecule has 0 aliphatic heterocycles. The van der Waals surface area contributed by atoms with Crippen molar-refractivity contribution in [1.82, 2.24) is 0 Å². The van der Waals surface area contributed by atoms with E-state index >= 15 is 0 Å². The van der Waals surface area contributed by atoms with E-state index in [0.717, 1.165) is 5.56 Å². The summed E-state index contributed by atoms with van der Waals surface area (Å²) < 4.78 is 12.8. The van der Waals surface area contributed by atoms with Crippen LogP contribution in [0.25, 0.3) is 0 Å². The van der Waals surface area contributed by atoms with Crippen LogP contribution in [0, 0.1) is 11.7 Å². The lowest BCUT2D eigenvalue weighted by molar-refractivity contribution is -0.143. The van der Waals surface area contributed by atoms with E-state index in [1.807, 2.05) is 30.3 Å². The number of aliphatic carboxylic acids is 1. The number of halogens is 1. The minimum absolute atomic E-state index is 0.137. The molecule has 0 aliphatic carbocycles. The van der Waals surface area contributed by atoms with Crippen LogP contribution in [0.4, 0.5) is 10.1 Å². The molecule has 22 heavy (non-hydrogen) atoms. The summed E-state index contributed by atoms with van der Waals surface area (Å²) in [5.41, 5.74) is 1.31. The fourth-order valence-corrected chi connectivity index (χ4v) is 2.11. The normalized spacial score (nSPS) is 11.7. The van der Waals surface area contributed by atoms with E-state index in [-0.39, 0.29) is 12.8 Å². The summed E-state index contributed by atoms with van der Waals surface area (Å²) in [5, 5.41) is 11.8. The summed E-state index contributed by atoms with van der Waals surface area (Å²) in [6.07, 6.45) is 0.147. The van der Waals surface area contributed by atoms with E-state index in [2.05, 4.69) is 5.32 Å². The Balaban J connectivity index is 1.97. The van der Waals surface area contributed by atoms with Gasteiger partial charge in [0.15, 0.2) is 0 Å². The van der Waals surface area contributed by atoms with E-state index in [4.69, 9.17) is 0 Å². The molecule has 0 unspecified atom stereocenters. The number of nitrogens with one attached hydrogen (secondary N) is 1. The van der Waals surface area contributed by atoms with Crippen LogP contribution >= 0.6 is 0 Å². The van der Waals surface area contributed by atoms with E-state index in [1.165, 1.54) is 24.3 Å². The molecule has 2 N–H and O–H groups in total. The molecule has 4 nitrogen and oxygen atoms in total. The second-order valence-electron chi connectivity index (χ2n) is 4.98. The van der Waals surface area contributed by atoms with Crippen molar-refractivity contribution >= 4 is 17.6 Å². The van der Waals surface area contributed by atoms with Crippen LogP contribution in [-0.2, 0) is 16.0 Å². The number of hydrogen-bond donors (Lipinski definition) is 2. The maximum atomic E-state index is 12.8. The number of rotatable bonds is 6. The Hall–Kier alpha value is -2.69. The number of carboxylic acid groups (broad SMARTS) is 1. The summed E-state index contributed by atoms with van der Waals surface area (Å²) in [5.74, 6) is -2.62. The predicted octanol–water partition coefficient (Wildman–Crippen LogP) is 3.10. The topological polar surface area (TPSA) is 66.4 Å². The van der Waals surface area contributed by atoms with Gasteiger partial charge in [0.05, 0.1) is 5.92 Å². The fraction of sp³-hybridized carbons (Fsp3) is 0.176. The third-order valence-electron chi connectivity index (χ3n) is 3.23. The van der Waals surface area contributed by atoms with Crippen molar-refractivity contribution in [2.75, 3.05) is 5.32 Å². The number of amides is 1. The van der Waals surface area contributed by atoms with Gasteiger partial charge in [0, 0.05) is 12.1 Å².